The summed E-state index contributed by atoms with van der Waals surface area (Å²) in [5, 5.41) is 4.19. The molecule has 5 nitrogen and oxygen atoms in total. The summed E-state index contributed by atoms with van der Waals surface area (Å²) in [6.45, 7) is 0.651. The van der Waals surface area contributed by atoms with Crippen LogP contribution in [0.1, 0.15) is 4.88 Å². The van der Waals surface area contributed by atoms with Crippen molar-refractivity contribution in [2.45, 2.75) is 6.54 Å². The molecule has 0 saturated heterocycles. The highest BCUT2D eigenvalue weighted by Crippen LogP contribution is 2.33. The molecule has 2 aromatic heterocycles. The van der Waals surface area contributed by atoms with E-state index in [9.17, 15) is 0 Å². The number of hydrogen-bond acceptors (Lipinski definition) is 6. The Morgan fingerprint density at radius 2 is 1.91 bits per heavy atom. The quantitative estimate of drug-likeness (QED) is 0.764. The van der Waals surface area contributed by atoms with Crippen molar-refractivity contribution >= 4 is 39.7 Å². The largest absolute Gasteiger partial charge is 0.493 e. The van der Waals surface area contributed by atoms with E-state index in [4.69, 9.17) is 21.1 Å². The number of methoxy groups -OCH3 is 2. The summed E-state index contributed by atoms with van der Waals surface area (Å²) < 4.78 is 11.4. The maximum atomic E-state index is 5.94. The van der Waals surface area contributed by atoms with Gasteiger partial charge in [0.2, 0.25) is 0 Å². The van der Waals surface area contributed by atoms with Crippen molar-refractivity contribution in [2.24, 2.45) is 0 Å². The third-order valence-electron chi connectivity index (χ3n) is 3.20. The number of nitrogens with zero attached hydrogens (tertiary/aromatic N) is 2. The van der Waals surface area contributed by atoms with Crippen molar-refractivity contribution in [2.75, 3.05) is 19.5 Å². The molecule has 1 aromatic carbocycles. The maximum absolute atomic E-state index is 5.94. The second-order valence-corrected chi connectivity index (χ2v) is 6.31. The minimum Gasteiger partial charge on any atom is -0.493 e. The average Bonchev–Trinajstić information content (AvgIpc) is 2.96. The molecule has 0 saturated carbocycles. The molecule has 0 aliphatic heterocycles. The van der Waals surface area contributed by atoms with E-state index in [0.717, 1.165) is 25.9 Å². The van der Waals surface area contributed by atoms with E-state index in [0.29, 0.717) is 18.0 Å². The van der Waals surface area contributed by atoms with Gasteiger partial charge in [0.1, 0.15) is 12.1 Å². The summed E-state index contributed by atoms with van der Waals surface area (Å²) >= 11 is 7.49. The minimum atomic E-state index is 0.643. The Bertz CT molecular complexity index is 807. The zero-order valence-electron chi connectivity index (χ0n) is 12.1. The van der Waals surface area contributed by atoms with Crippen LogP contribution in [-0.4, -0.2) is 24.2 Å². The van der Waals surface area contributed by atoms with E-state index in [2.05, 4.69) is 15.3 Å². The van der Waals surface area contributed by atoms with Gasteiger partial charge < -0.3 is 14.8 Å². The van der Waals surface area contributed by atoms with Gasteiger partial charge in [0, 0.05) is 16.3 Å². The highest BCUT2D eigenvalue weighted by atomic mass is 35.5. The minimum absolute atomic E-state index is 0.643. The van der Waals surface area contributed by atoms with Gasteiger partial charge in [0.05, 0.1) is 30.6 Å². The predicted octanol–water partition coefficient (Wildman–Crippen LogP) is 3.97. The summed E-state index contributed by atoms with van der Waals surface area (Å²) in [7, 11) is 3.21. The number of hydrogen-bond donors (Lipinski definition) is 1. The van der Waals surface area contributed by atoms with E-state index in [-0.39, 0.29) is 0 Å². The molecule has 7 heteroatoms. The zero-order valence-corrected chi connectivity index (χ0v) is 13.7. The van der Waals surface area contributed by atoms with E-state index < -0.39 is 0 Å². The van der Waals surface area contributed by atoms with Crippen LogP contribution in [-0.2, 0) is 6.54 Å². The molecule has 0 radical (unpaired) electrons. The SMILES string of the molecule is COc1cc2ncnc(NCc3ccc(Cl)s3)c2cc1OC. The van der Waals surface area contributed by atoms with Gasteiger partial charge in [-0.05, 0) is 18.2 Å². The van der Waals surface area contributed by atoms with Gasteiger partial charge in [-0.1, -0.05) is 11.6 Å². The fourth-order valence-corrected chi connectivity index (χ4v) is 3.17. The van der Waals surface area contributed by atoms with Crippen molar-refractivity contribution in [3.8, 4) is 11.5 Å². The van der Waals surface area contributed by atoms with E-state index >= 15 is 0 Å². The van der Waals surface area contributed by atoms with Gasteiger partial charge in [0.15, 0.2) is 11.5 Å². The Morgan fingerprint density at radius 3 is 2.59 bits per heavy atom. The number of rotatable bonds is 5. The first kappa shape index (κ1) is 14.9. The van der Waals surface area contributed by atoms with Crippen LogP contribution in [0.25, 0.3) is 10.9 Å². The van der Waals surface area contributed by atoms with Crippen LogP contribution in [0, 0.1) is 0 Å². The number of halogens is 1. The fourth-order valence-electron chi connectivity index (χ4n) is 2.14. The van der Waals surface area contributed by atoms with Crippen LogP contribution in [0.5, 0.6) is 11.5 Å². The van der Waals surface area contributed by atoms with Gasteiger partial charge >= 0.3 is 0 Å². The Balaban J connectivity index is 1.95. The lowest BCUT2D eigenvalue weighted by atomic mass is 10.2. The Morgan fingerprint density at radius 1 is 1.14 bits per heavy atom. The molecular weight excluding hydrogens is 322 g/mol. The third kappa shape index (κ3) is 2.93. The van der Waals surface area contributed by atoms with Crippen molar-refractivity contribution in [3.05, 3.63) is 39.8 Å². The molecule has 22 heavy (non-hydrogen) atoms. The Labute approximate surface area is 136 Å². The molecule has 1 N–H and O–H groups in total. The lowest BCUT2D eigenvalue weighted by Crippen LogP contribution is -2.02. The van der Waals surface area contributed by atoms with Crippen molar-refractivity contribution in [3.63, 3.8) is 0 Å². The normalized spacial score (nSPS) is 10.7. The van der Waals surface area contributed by atoms with Gasteiger partial charge in [-0.3, -0.25) is 0 Å². The number of anilines is 1. The third-order valence-corrected chi connectivity index (χ3v) is 4.43. The molecule has 0 unspecified atom stereocenters. The van der Waals surface area contributed by atoms with Crippen LogP contribution in [0.2, 0.25) is 4.34 Å². The molecule has 0 aliphatic carbocycles. The smallest absolute Gasteiger partial charge is 0.162 e. The van der Waals surface area contributed by atoms with Gasteiger partial charge in [0.25, 0.3) is 0 Å². The first-order valence-electron chi connectivity index (χ1n) is 6.56. The summed E-state index contributed by atoms with van der Waals surface area (Å²) in [6.07, 6.45) is 1.53. The number of benzene rings is 1. The second kappa shape index (κ2) is 6.37. The molecule has 0 bridgehead atoms. The molecule has 0 spiro atoms. The first-order chi connectivity index (χ1) is 10.7. The molecule has 114 valence electrons. The van der Waals surface area contributed by atoms with Gasteiger partial charge in [-0.2, -0.15) is 0 Å². The summed E-state index contributed by atoms with van der Waals surface area (Å²) in [5.41, 5.74) is 0.791. The fraction of sp³-hybridized carbons (Fsp3) is 0.200. The standard InChI is InChI=1S/C15H14ClN3O2S/c1-20-12-5-10-11(6-13(12)21-2)18-8-19-15(10)17-7-9-3-4-14(16)22-9/h3-6,8H,7H2,1-2H3,(H,17,18,19). The summed E-state index contributed by atoms with van der Waals surface area (Å²) in [6, 6.07) is 7.59. The number of thiophene rings is 1. The number of ether oxygens (including phenoxy) is 2. The molecule has 0 amide bonds. The molecule has 0 atom stereocenters. The van der Waals surface area contributed by atoms with E-state index in [1.54, 1.807) is 25.6 Å². The summed E-state index contributed by atoms with van der Waals surface area (Å²) in [4.78, 5) is 9.73. The number of nitrogens with one attached hydrogen (secondary N) is 1. The molecular formula is C15H14ClN3O2S. The number of aromatic nitrogens is 2. The molecule has 0 fully saturated rings. The van der Waals surface area contributed by atoms with Crippen LogP contribution < -0.4 is 14.8 Å². The predicted molar refractivity (Wildman–Crippen MR) is 89.3 cm³/mol. The van der Waals surface area contributed by atoms with E-state index in [1.807, 2.05) is 24.3 Å². The van der Waals surface area contributed by atoms with Gasteiger partial charge in [-0.15, -0.1) is 11.3 Å². The highest BCUT2D eigenvalue weighted by molar-refractivity contribution is 7.16. The molecule has 3 aromatic rings. The summed E-state index contributed by atoms with van der Waals surface area (Å²) in [5.74, 6) is 2.03. The first-order valence-corrected chi connectivity index (χ1v) is 7.75. The van der Waals surface area contributed by atoms with Crippen molar-refractivity contribution in [1.29, 1.82) is 0 Å². The van der Waals surface area contributed by atoms with Crippen molar-refractivity contribution < 1.29 is 9.47 Å². The highest BCUT2D eigenvalue weighted by Gasteiger charge is 2.11. The van der Waals surface area contributed by atoms with Crippen LogP contribution in [0.15, 0.2) is 30.6 Å². The molecule has 0 aliphatic rings. The monoisotopic (exact) mass is 335 g/mol. The Hall–Kier alpha value is -2.05. The molecule has 3 rings (SSSR count). The van der Waals surface area contributed by atoms with Crippen LogP contribution in [0.4, 0.5) is 5.82 Å². The lowest BCUT2D eigenvalue weighted by molar-refractivity contribution is 0.356. The average molecular weight is 336 g/mol. The van der Waals surface area contributed by atoms with Crippen LogP contribution >= 0.6 is 22.9 Å². The number of fused-ring (bicyclic) bond motifs is 1. The van der Waals surface area contributed by atoms with Crippen LogP contribution in [0.3, 0.4) is 0 Å². The Kier molecular flexibility index (Phi) is 4.31. The molecule has 2 heterocycles. The van der Waals surface area contributed by atoms with E-state index in [1.165, 1.54) is 6.33 Å². The zero-order chi connectivity index (χ0) is 15.5. The van der Waals surface area contributed by atoms with Crippen molar-refractivity contribution in [1.82, 2.24) is 9.97 Å². The van der Waals surface area contributed by atoms with Gasteiger partial charge in [-0.25, -0.2) is 9.97 Å². The maximum Gasteiger partial charge on any atom is 0.162 e. The second-order valence-electron chi connectivity index (χ2n) is 4.51. The lowest BCUT2D eigenvalue weighted by Gasteiger charge is -2.11. The topological polar surface area (TPSA) is 56.3 Å².